The van der Waals surface area contributed by atoms with Gasteiger partial charge in [0.05, 0.1) is 6.61 Å². The van der Waals surface area contributed by atoms with Gasteiger partial charge >= 0.3 is 5.97 Å². The molecule has 0 radical (unpaired) electrons. The Morgan fingerprint density at radius 1 is 1.24 bits per heavy atom. The molecule has 0 amide bonds. The quantitative estimate of drug-likeness (QED) is 0.705. The Hall–Kier alpha value is -2.60. The van der Waals surface area contributed by atoms with Crippen molar-refractivity contribution in [2.75, 3.05) is 18.5 Å². The highest BCUT2D eigenvalue weighted by molar-refractivity contribution is 6.30. The molecule has 2 aromatic heterocycles. The molecule has 3 aromatic rings. The molecular formula is C18H19ClN4O2. The SMILES string of the molecule is CCOC(=O)CNc1c(-c2ccc(Cl)cc2)nc2nc(C)cc(C)n12. The summed E-state index contributed by atoms with van der Waals surface area (Å²) in [6.07, 6.45) is 0. The highest BCUT2D eigenvalue weighted by Crippen LogP contribution is 2.30. The van der Waals surface area contributed by atoms with E-state index in [1.54, 1.807) is 6.92 Å². The van der Waals surface area contributed by atoms with E-state index in [2.05, 4.69) is 15.3 Å². The second kappa shape index (κ2) is 7.11. The average molecular weight is 359 g/mol. The molecule has 0 saturated carbocycles. The molecule has 130 valence electrons. The highest BCUT2D eigenvalue weighted by atomic mass is 35.5. The molecule has 2 heterocycles. The number of ether oxygens (including phenoxy) is 1. The summed E-state index contributed by atoms with van der Waals surface area (Å²) in [5.41, 5.74) is 3.46. The van der Waals surface area contributed by atoms with Gasteiger partial charge in [-0.05, 0) is 39.0 Å². The minimum atomic E-state index is -0.322. The van der Waals surface area contributed by atoms with Gasteiger partial charge in [-0.3, -0.25) is 9.20 Å². The number of carbonyl (C=O) groups is 1. The predicted molar refractivity (Wildman–Crippen MR) is 98.0 cm³/mol. The fourth-order valence-electron chi connectivity index (χ4n) is 2.71. The summed E-state index contributed by atoms with van der Waals surface area (Å²) in [7, 11) is 0. The molecule has 1 N–H and O–H groups in total. The molecule has 0 aliphatic carbocycles. The molecule has 25 heavy (non-hydrogen) atoms. The predicted octanol–water partition coefficient (Wildman–Crippen LogP) is 3.64. The first-order chi connectivity index (χ1) is 12.0. The average Bonchev–Trinajstić information content (AvgIpc) is 2.92. The molecule has 0 fully saturated rings. The van der Waals surface area contributed by atoms with Crippen molar-refractivity contribution in [3.8, 4) is 11.3 Å². The van der Waals surface area contributed by atoms with Crippen molar-refractivity contribution in [1.29, 1.82) is 0 Å². The maximum absolute atomic E-state index is 11.8. The summed E-state index contributed by atoms with van der Waals surface area (Å²) in [4.78, 5) is 20.9. The first-order valence-corrected chi connectivity index (χ1v) is 8.39. The number of esters is 1. The number of nitrogens with one attached hydrogen (secondary N) is 1. The van der Waals surface area contributed by atoms with Crippen LogP contribution in [0.5, 0.6) is 0 Å². The smallest absolute Gasteiger partial charge is 0.325 e. The van der Waals surface area contributed by atoms with E-state index in [0.29, 0.717) is 28.9 Å². The molecule has 0 unspecified atom stereocenters. The third-order valence-corrected chi connectivity index (χ3v) is 3.98. The summed E-state index contributed by atoms with van der Waals surface area (Å²) >= 11 is 5.99. The van der Waals surface area contributed by atoms with Crippen LogP contribution in [0.4, 0.5) is 5.82 Å². The van der Waals surface area contributed by atoms with Gasteiger partial charge in [0, 0.05) is 22.0 Å². The van der Waals surface area contributed by atoms with Gasteiger partial charge in [0.2, 0.25) is 5.78 Å². The molecular weight excluding hydrogens is 340 g/mol. The Morgan fingerprint density at radius 3 is 2.64 bits per heavy atom. The molecule has 0 saturated heterocycles. The zero-order chi connectivity index (χ0) is 18.0. The Morgan fingerprint density at radius 2 is 1.96 bits per heavy atom. The Bertz CT molecular complexity index is 919. The summed E-state index contributed by atoms with van der Waals surface area (Å²) < 4.78 is 6.90. The number of aromatic nitrogens is 3. The lowest BCUT2D eigenvalue weighted by atomic mass is 10.1. The summed E-state index contributed by atoms with van der Waals surface area (Å²) in [6.45, 7) is 6.08. The first-order valence-electron chi connectivity index (χ1n) is 8.01. The third-order valence-electron chi connectivity index (χ3n) is 3.73. The Kier molecular flexibility index (Phi) is 4.90. The number of fused-ring (bicyclic) bond motifs is 1. The number of hydrogen-bond donors (Lipinski definition) is 1. The van der Waals surface area contributed by atoms with E-state index in [9.17, 15) is 4.79 Å². The van der Waals surface area contributed by atoms with Crippen LogP contribution in [-0.2, 0) is 9.53 Å². The number of rotatable bonds is 5. The van der Waals surface area contributed by atoms with Crippen LogP contribution in [0.25, 0.3) is 17.0 Å². The van der Waals surface area contributed by atoms with Crippen LogP contribution >= 0.6 is 11.6 Å². The summed E-state index contributed by atoms with van der Waals surface area (Å²) in [5.74, 6) is 0.960. The molecule has 3 rings (SSSR count). The molecule has 6 nitrogen and oxygen atoms in total. The second-order valence-corrected chi connectivity index (χ2v) is 6.09. The normalized spacial score (nSPS) is 10.9. The van der Waals surface area contributed by atoms with Gasteiger partial charge < -0.3 is 10.1 Å². The van der Waals surface area contributed by atoms with Crippen LogP contribution in [0.3, 0.4) is 0 Å². The van der Waals surface area contributed by atoms with Crippen LogP contribution in [0, 0.1) is 13.8 Å². The van der Waals surface area contributed by atoms with Crippen LogP contribution < -0.4 is 5.32 Å². The van der Waals surface area contributed by atoms with E-state index >= 15 is 0 Å². The monoisotopic (exact) mass is 358 g/mol. The number of halogens is 1. The fourth-order valence-corrected chi connectivity index (χ4v) is 2.84. The van der Waals surface area contributed by atoms with Crippen molar-refractivity contribution >= 4 is 29.2 Å². The molecule has 0 bridgehead atoms. The van der Waals surface area contributed by atoms with E-state index in [0.717, 1.165) is 17.0 Å². The summed E-state index contributed by atoms with van der Waals surface area (Å²) in [6, 6.07) is 9.36. The van der Waals surface area contributed by atoms with Gasteiger partial charge in [0.25, 0.3) is 0 Å². The largest absolute Gasteiger partial charge is 0.465 e. The number of aryl methyl sites for hydroxylation is 2. The van der Waals surface area contributed by atoms with Crippen molar-refractivity contribution in [1.82, 2.24) is 14.4 Å². The molecule has 0 atom stereocenters. The molecule has 0 aliphatic rings. The minimum absolute atomic E-state index is 0.0511. The number of hydrogen-bond acceptors (Lipinski definition) is 5. The van der Waals surface area contributed by atoms with E-state index in [1.807, 2.05) is 48.6 Å². The number of nitrogens with zero attached hydrogens (tertiary/aromatic N) is 3. The number of carbonyl (C=O) groups excluding carboxylic acids is 1. The van der Waals surface area contributed by atoms with Gasteiger partial charge in [0.1, 0.15) is 18.1 Å². The molecule has 0 spiro atoms. The zero-order valence-corrected chi connectivity index (χ0v) is 15.1. The van der Waals surface area contributed by atoms with Gasteiger partial charge in [0.15, 0.2) is 0 Å². The highest BCUT2D eigenvalue weighted by Gasteiger charge is 2.17. The lowest BCUT2D eigenvalue weighted by molar-refractivity contribution is -0.140. The van der Waals surface area contributed by atoms with Crippen LogP contribution in [0.2, 0.25) is 5.02 Å². The van der Waals surface area contributed by atoms with Crippen molar-refractivity contribution in [2.45, 2.75) is 20.8 Å². The number of imidazole rings is 1. The van der Waals surface area contributed by atoms with Crippen LogP contribution in [0.1, 0.15) is 18.3 Å². The van der Waals surface area contributed by atoms with Crippen molar-refractivity contribution in [2.24, 2.45) is 0 Å². The lowest BCUT2D eigenvalue weighted by Gasteiger charge is -2.10. The third kappa shape index (κ3) is 3.58. The van der Waals surface area contributed by atoms with E-state index in [1.165, 1.54) is 0 Å². The molecule has 1 aromatic carbocycles. The zero-order valence-electron chi connectivity index (χ0n) is 14.3. The van der Waals surface area contributed by atoms with Gasteiger partial charge in [-0.15, -0.1) is 0 Å². The maximum Gasteiger partial charge on any atom is 0.325 e. The van der Waals surface area contributed by atoms with Gasteiger partial charge in [-0.25, -0.2) is 9.97 Å². The molecule has 7 heteroatoms. The maximum atomic E-state index is 11.8. The van der Waals surface area contributed by atoms with Gasteiger partial charge in [-0.1, -0.05) is 23.7 Å². The van der Waals surface area contributed by atoms with Crippen LogP contribution in [-0.4, -0.2) is 33.5 Å². The lowest BCUT2D eigenvalue weighted by Crippen LogP contribution is -2.18. The Balaban J connectivity index is 2.11. The van der Waals surface area contributed by atoms with Gasteiger partial charge in [-0.2, -0.15) is 0 Å². The number of benzene rings is 1. The first kappa shape index (κ1) is 17.2. The van der Waals surface area contributed by atoms with E-state index in [-0.39, 0.29) is 12.5 Å². The van der Waals surface area contributed by atoms with Crippen molar-refractivity contribution in [3.63, 3.8) is 0 Å². The van der Waals surface area contributed by atoms with Crippen molar-refractivity contribution < 1.29 is 9.53 Å². The minimum Gasteiger partial charge on any atom is -0.465 e. The van der Waals surface area contributed by atoms with E-state index in [4.69, 9.17) is 16.3 Å². The second-order valence-electron chi connectivity index (χ2n) is 5.65. The van der Waals surface area contributed by atoms with Crippen molar-refractivity contribution in [3.05, 3.63) is 46.7 Å². The fraction of sp³-hybridized carbons (Fsp3) is 0.278. The summed E-state index contributed by atoms with van der Waals surface area (Å²) in [5, 5.41) is 3.80. The van der Waals surface area contributed by atoms with Crippen LogP contribution in [0.15, 0.2) is 30.3 Å². The Labute approximate surface area is 150 Å². The standard InChI is InChI=1S/C18H19ClN4O2/c1-4-25-15(24)10-20-17-16(13-5-7-14(19)8-6-13)22-18-21-11(2)9-12(3)23(17)18/h5-9,20H,4,10H2,1-3H3. The van der Waals surface area contributed by atoms with E-state index < -0.39 is 0 Å². The number of anilines is 1. The topological polar surface area (TPSA) is 68.5 Å². The molecule has 0 aliphatic heterocycles.